The van der Waals surface area contributed by atoms with Gasteiger partial charge in [0.05, 0.1) is 0 Å². The van der Waals surface area contributed by atoms with Gasteiger partial charge in [0.1, 0.15) is 5.03 Å². The van der Waals surface area contributed by atoms with Gasteiger partial charge in [-0.2, -0.15) is 0 Å². The second-order valence-corrected chi connectivity index (χ2v) is 4.06. The van der Waals surface area contributed by atoms with Crippen LogP contribution in [0, 0.1) is 0 Å². The highest BCUT2D eigenvalue weighted by atomic mass is 32.2. The van der Waals surface area contributed by atoms with Gasteiger partial charge in [0, 0.05) is 25.0 Å². The first-order chi connectivity index (χ1) is 7.78. The summed E-state index contributed by atoms with van der Waals surface area (Å²) in [7, 11) is 0. The minimum atomic E-state index is -0.170. The molecule has 0 fully saturated rings. The molecule has 6 heteroatoms. The van der Waals surface area contributed by atoms with Crippen LogP contribution in [0.3, 0.4) is 0 Å². The summed E-state index contributed by atoms with van der Waals surface area (Å²) in [6.07, 6.45) is 3.18. The topological polar surface area (TPSA) is 84.7 Å². The number of hydrogen-bond donors (Lipinski definition) is 2. The Balaban J connectivity index is 2.17. The third kappa shape index (κ3) is 2.68. The normalized spacial score (nSPS) is 10.3. The van der Waals surface area contributed by atoms with Gasteiger partial charge in [-0.15, -0.1) is 0 Å². The molecule has 0 amide bonds. The number of nitrogens with zero attached hydrogens (tertiary/aromatic N) is 2. The molecule has 5 nitrogen and oxygen atoms in total. The maximum absolute atomic E-state index is 11.0. The SMILES string of the molecule is NCc1ccc(Sc2nccc(=O)[nH]2)nc1. The van der Waals surface area contributed by atoms with Crippen molar-refractivity contribution in [3.8, 4) is 0 Å². The molecule has 0 aliphatic heterocycles. The van der Waals surface area contributed by atoms with Gasteiger partial charge in [-0.25, -0.2) is 9.97 Å². The number of nitrogens with one attached hydrogen (secondary N) is 1. The molecule has 2 heterocycles. The average molecular weight is 234 g/mol. The van der Waals surface area contributed by atoms with Crippen molar-refractivity contribution in [2.45, 2.75) is 16.7 Å². The van der Waals surface area contributed by atoms with Crippen LogP contribution < -0.4 is 11.3 Å². The highest BCUT2D eigenvalue weighted by Crippen LogP contribution is 2.20. The lowest BCUT2D eigenvalue weighted by atomic mass is 10.3. The summed E-state index contributed by atoms with van der Waals surface area (Å²) in [6, 6.07) is 5.12. The van der Waals surface area contributed by atoms with Gasteiger partial charge in [0.15, 0.2) is 5.16 Å². The first-order valence-electron chi connectivity index (χ1n) is 4.66. The van der Waals surface area contributed by atoms with Gasteiger partial charge < -0.3 is 10.7 Å². The fraction of sp³-hybridized carbons (Fsp3) is 0.100. The maximum Gasteiger partial charge on any atom is 0.251 e. The minimum absolute atomic E-state index is 0.170. The molecule has 0 aliphatic rings. The van der Waals surface area contributed by atoms with Gasteiger partial charge >= 0.3 is 0 Å². The van der Waals surface area contributed by atoms with E-state index in [-0.39, 0.29) is 5.56 Å². The van der Waals surface area contributed by atoms with Crippen molar-refractivity contribution < 1.29 is 0 Å². The van der Waals surface area contributed by atoms with Crippen molar-refractivity contribution in [1.82, 2.24) is 15.0 Å². The molecule has 3 N–H and O–H groups in total. The van der Waals surface area contributed by atoms with Gasteiger partial charge in [0.2, 0.25) is 0 Å². The van der Waals surface area contributed by atoms with Gasteiger partial charge in [-0.3, -0.25) is 4.79 Å². The molecule has 0 aromatic carbocycles. The van der Waals surface area contributed by atoms with Crippen molar-refractivity contribution in [3.05, 3.63) is 46.5 Å². The maximum atomic E-state index is 11.0. The number of nitrogens with two attached hydrogens (primary N) is 1. The predicted molar refractivity (Wildman–Crippen MR) is 61.1 cm³/mol. The third-order valence-electron chi connectivity index (χ3n) is 1.88. The van der Waals surface area contributed by atoms with E-state index in [1.165, 1.54) is 24.0 Å². The summed E-state index contributed by atoms with van der Waals surface area (Å²) in [5.41, 5.74) is 6.27. The summed E-state index contributed by atoms with van der Waals surface area (Å²) in [6.45, 7) is 0.471. The summed E-state index contributed by atoms with van der Waals surface area (Å²) < 4.78 is 0. The first-order valence-corrected chi connectivity index (χ1v) is 5.48. The monoisotopic (exact) mass is 234 g/mol. The quantitative estimate of drug-likeness (QED) is 0.766. The predicted octanol–water partition coefficient (Wildman–Crippen LogP) is 0.775. The lowest BCUT2D eigenvalue weighted by Gasteiger charge is -2.00. The van der Waals surface area contributed by atoms with E-state index < -0.39 is 0 Å². The van der Waals surface area contributed by atoms with Gasteiger partial charge in [0.25, 0.3) is 5.56 Å². The van der Waals surface area contributed by atoms with Gasteiger partial charge in [-0.1, -0.05) is 6.07 Å². The molecule has 0 atom stereocenters. The second-order valence-electron chi connectivity index (χ2n) is 3.05. The van der Waals surface area contributed by atoms with E-state index in [0.717, 1.165) is 10.6 Å². The van der Waals surface area contributed by atoms with Crippen LogP contribution in [0.15, 0.2) is 45.6 Å². The van der Waals surface area contributed by atoms with Crippen LogP contribution in [0.2, 0.25) is 0 Å². The smallest absolute Gasteiger partial charge is 0.251 e. The summed E-state index contributed by atoms with van der Waals surface area (Å²) >= 11 is 1.30. The number of rotatable bonds is 3. The Morgan fingerprint density at radius 1 is 1.31 bits per heavy atom. The lowest BCUT2D eigenvalue weighted by Crippen LogP contribution is -2.05. The van der Waals surface area contributed by atoms with Crippen molar-refractivity contribution in [3.63, 3.8) is 0 Å². The fourth-order valence-electron chi connectivity index (χ4n) is 1.09. The van der Waals surface area contributed by atoms with E-state index >= 15 is 0 Å². The zero-order chi connectivity index (χ0) is 11.4. The zero-order valence-corrected chi connectivity index (χ0v) is 9.20. The van der Waals surface area contributed by atoms with E-state index in [9.17, 15) is 4.79 Å². The van der Waals surface area contributed by atoms with Crippen LogP contribution in [0.4, 0.5) is 0 Å². The van der Waals surface area contributed by atoms with Crippen molar-refractivity contribution >= 4 is 11.8 Å². The molecular weight excluding hydrogens is 224 g/mol. The number of H-pyrrole nitrogens is 1. The molecule has 16 heavy (non-hydrogen) atoms. The number of aromatic amines is 1. The molecule has 82 valence electrons. The third-order valence-corrected chi connectivity index (χ3v) is 2.73. The molecular formula is C10H10N4OS. The lowest BCUT2D eigenvalue weighted by molar-refractivity contribution is 0.929. The van der Waals surface area contributed by atoms with Crippen LogP contribution >= 0.6 is 11.8 Å². The number of hydrogen-bond acceptors (Lipinski definition) is 5. The molecule has 0 aliphatic carbocycles. The van der Waals surface area contributed by atoms with Crippen LogP contribution in [0.1, 0.15) is 5.56 Å². The summed E-state index contributed by atoms with van der Waals surface area (Å²) in [5.74, 6) is 0. The Morgan fingerprint density at radius 3 is 2.81 bits per heavy atom. The molecule has 2 aromatic heterocycles. The van der Waals surface area contributed by atoms with E-state index in [1.54, 1.807) is 6.20 Å². The Morgan fingerprint density at radius 2 is 2.19 bits per heavy atom. The number of pyridine rings is 1. The molecule has 0 bridgehead atoms. The van der Waals surface area contributed by atoms with Crippen LogP contribution in [0.5, 0.6) is 0 Å². The highest BCUT2D eigenvalue weighted by molar-refractivity contribution is 7.99. The summed E-state index contributed by atoms with van der Waals surface area (Å²) in [5, 5.41) is 1.30. The molecule has 0 radical (unpaired) electrons. The molecule has 0 spiro atoms. The van der Waals surface area contributed by atoms with Crippen molar-refractivity contribution in [1.29, 1.82) is 0 Å². The van der Waals surface area contributed by atoms with E-state index in [2.05, 4.69) is 15.0 Å². The molecule has 0 saturated carbocycles. The fourth-order valence-corrected chi connectivity index (χ4v) is 1.80. The van der Waals surface area contributed by atoms with Crippen LogP contribution in [-0.4, -0.2) is 15.0 Å². The van der Waals surface area contributed by atoms with Crippen LogP contribution in [0.25, 0.3) is 0 Å². The van der Waals surface area contributed by atoms with E-state index in [4.69, 9.17) is 5.73 Å². The Labute approximate surface area is 96.1 Å². The van der Waals surface area contributed by atoms with Gasteiger partial charge in [-0.05, 0) is 23.4 Å². The Hall–Kier alpha value is -1.66. The molecule has 0 saturated heterocycles. The zero-order valence-electron chi connectivity index (χ0n) is 8.38. The Kier molecular flexibility index (Phi) is 3.33. The first kappa shape index (κ1) is 10.8. The molecule has 2 rings (SSSR count). The Bertz CT molecular complexity index is 523. The second kappa shape index (κ2) is 4.91. The highest BCUT2D eigenvalue weighted by Gasteiger charge is 2.00. The van der Waals surface area contributed by atoms with E-state index in [1.807, 2.05) is 12.1 Å². The minimum Gasteiger partial charge on any atom is -0.326 e. The van der Waals surface area contributed by atoms with E-state index in [0.29, 0.717) is 11.7 Å². The van der Waals surface area contributed by atoms with Crippen LogP contribution in [-0.2, 0) is 6.54 Å². The van der Waals surface area contributed by atoms with Crippen molar-refractivity contribution in [2.24, 2.45) is 5.73 Å². The standard InChI is InChI=1S/C10H10N4OS/c11-5-7-1-2-9(13-6-7)16-10-12-4-3-8(15)14-10/h1-4,6H,5,11H2,(H,12,14,15). The molecule has 0 unspecified atom stereocenters. The summed E-state index contributed by atoms with van der Waals surface area (Å²) in [4.78, 5) is 21.9. The van der Waals surface area contributed by atoms with Crippen molar-refractivity contribution in [2.75, 3.05) is 0 Å². The molecule has 2 aromatic rings. The number of aromatic nitrogens is 3. The average Bonchev–Trinajstić information content (AvgIpc) is 2.30. The largest absolute Gasteiger partial charge is 0.326 e.